The van der Waals surface area contributed by atoms with Crippen LogP contribution in [0.15, 0.2) is 36.4 Å². The molecule has 6 nitrogen and oxygen atoms in total. The molecule has 0 aliphatic rings. The second kappa shape index (κ2) is 16.7. The number of carboxylic acid groups (broad SMARTS) is 2. The second-order valence-corrected chi connectivity index (χ2v) is 4.82. The van der Waals surface area contributed by atoms with Gasteiger partial charge in [0.2, 0.25) is 0 Å². The van der Waals surface area contributed by atoms with E-state index in [1.807, 2.05) is 64.1 Å². The van der Waals surface area contributed by atoms with Crippen LogP contribution < -0.4 is 10.2 Å². The molecule has 2 aromatic rings. The van der Waals surface area contributed by atoms with Gasteiger partial charge in [-0.1, -0.05) is 12.1 Å². The van der Waals surface area contributed by atoms with E-state index in [2.05, 4.69) is 9.97 Å². The third-order valence-corrected chi connectivity index (χ3v) is 2.06. The molecule has 0 unspecified atom stereocenters. The zero-order valence-corrected chi connectivity index (χ0v) is 16.9. The summed E-state index contributed by atoms with van der Waals surface area (Å²) in [5.74, 6) is -2.17. The minimum Gasteiger partial charge on any atom is -0.550 e. The van der Waals surface area contributed by atoms with E-state index in [-0.39, 0.29) is 20.4 Å². The average Bonchev–Trinajstić information content (AvgIpc) is 2.37. The topological polar surface area (TPSA) is 106 Å². The Morgan fingerprint density at radius 3 is 0.920 bits per heavy atom. The van der Waals surface area contributed by atoms with Gasteiger partial charge in [0.05, 0.1) is 0 Å². The number of rotatable bonds is 0. The summed E-state index contributed by atoms with van der Waals surface area (Å²) in [5.41, 5.74) is 4.35. The monoisotopic (exact) mass is 438 g/mol. The SMILES string of the molecule is CC(=O)[O-].CC(=O)[O-].Cc1cccc(C)n1.Cc1cccc(C)n1.[Pd+2]. The smallest absolute Gasteiger partial charge is 0.550 e. The van der Waals surface area contributed by atoms with E-state index in [1.165, 1.54) is 0 Å². The Labute approximate surface area is 163 Å². The van der Waals surface area contributed by atoms with Gasteiger partial charge in [-0.2, -0.15) is 0 Å². The molecule has 2 aromatic heterocycles. The Morgan fingerprint density at radius 1 is 0.680 bits per heavy atom. The predicted molar refractivity (Wildman–Crippen MR) is 88.8 cm³/mol. The van der Waals surface area contributed by atoms with Crippen molar-refractivity contribution in [2.24, 2.45) is 0 Å². The Hall–Kier alpha value is -2.10. The summed E-state index contributed by atoms with van der Waals surface area (Å²) in [7, 11) is 0. The number of carboxylic acids is 2. The van der Waals surface area contributed by atoms with Crippen molar-refractivity contribution in [2.45, 2.75) is 41.5 Å². The van der Waals surface area contributed by atoms with E-state index in [0.717, 1.165) is 36.6 Å². The number of aromatic nitrogens is 2. The molecule has 25 heavy (non-hydrogen) atoms. The van der Waals surface area contributed by atoms with Gasteiger partial charge >= 0.3 is 20.4 Å². The molecule has 0 radical (unpaired) electrons. The summed E-state index contributed by atoms with van der Waals surface area (Å²) in [5, 5.41) is 17.8. The van der Waals surface area contributed by atoms with E-state index < -0.39 is 11.9 Å². The molecule has 0 saturated heterocycles. The molecule has 140 valence electrons. The first-order valence-corrected chi connectivity index (χ1v) is 7.20. The van der Waals surface area contributed by atoms with Crippen LogP contribution in [-0.4, -0.2) is 21.9 Å². The molecule has 0 bridgehead atoms. The predicted octanol–water partition coefficient (Wildman–Crippen LogP) is 0.907. The van der Waals surface area contributed by atoms with Crippen LogP contribution in [0.4, 0.5) is 0 Å². The molecule has 0 atom stereocenters. The molecule has 0 N–H and O–H groups in total. The van der Waals surface area contributed by atoms with Gasteiger partial charge in [-0.15, -0.1) is 0 Å². The van der Waals surface area contributed by atoms with Crippen molar-refractivity contribution in [3.8, 4) is 0 Å². The molecule has 0 fully saturated rings. The second-order valence-electron chi connectivity index (χ2n) is 4.82. The van der Waals surface area contributed by atoms with Crippen LogP contribution in [0, 0.1) is 27.7 Å². The summed E-state index contributed by atoms with van der Waals surface area (Å²) in [6, 6.07) is 12.0. The maximum Gasteiger partial charge on any atom is 2.00 e. The van der Waals surface area contributed by atoms with Gasteiger partial charge in [-0.05, 0) is 65.8 Å². The van der Waals surface area contributed by atoms with Crippen molar-refractivity contribution in [1.29, 1.82) is 0 Å². The molecule has 0 aliphatic carbocycles. The van der Waals surface area contributed by atoms with Crippen LogP contribution >= 0.6 is 0 Å². The number of carbonyl (C=O) groups excluding carboxylic acids is 2. The molecular formula is C18H24N2O4Pd. The van der Waals surface area contributed by atoms with Crippen LogP contribution in [0.2, 0.25) is 0 Å². The normalized spacial score (nSPS) is 7.92. The average molecular weight is 439 g/mol. The molecule has 0 saturated carbocycles. The third-order valence-electron chi connectivity index (χ3n) is 2.06. The summed E-state index contributed by atoms with van der Waals surface area (Å²) in [4.78, 5) is 26.1. The van der Waals surface area contributed by atoms with Gasteiger partial charge in [-0.25, -0.2) is 0 Å². The standard InChI is InChI=1S/2C7H9N.2C2H4O2.Pd/c2*1-6-4-3-5-7(2)8-6;2*1-2(3)4;/h2*3-5H,1-2H3;2*1H3,(H,3,4);/q;;;;+2/p-2. The molecule has 0 amide bonds. The molecule has 2 rings (SSSR count). The zero-order valence-electron chi connectivity index (χ0n) is 15.3. The number of aliphatic carboxylic acids is 2. The van der Waals surface area contributed by atoms with Gasteiger partial charge < -0.3 is 19.8 Å². The fraction of sp³-hybridized carbons (Fsp3) is 0.333. The van der Waals surface area contributed by atoms with Crippen molar-refractivity contribution in [2.75, 3.05) is 0 Å². The summed E-state index contributed by atoms with van der Waals surface area (Å²) < 4.78 is 0. The van der Waals surface area contributed by atoms with Gasteiger partial charge in [0.1, 0.15) is 0 Å². The number of hydrogen-bond acceptors (Lipinski definition) is 6. The van der Waals surface area contributed by atoms with Crippen molar-refractivity contribution < 1.29 is 40.2 Å². The molecular weight excluding hydrogens is 415 g/mol. The fourth-order valence-electron chi connectivity index (χ4n) is 1.36. The van der Waals surface area contributed by atoms with Crippen molar-refractivity contribution in [1.82, 2.24) is 9.97 Å². The zero-order chi connectivity index (χ0) is 19.1. The largest absolute Gasteiger partial charge is 2.00 e. The number of aryl methyl sites for hydroxylation is 4. The van der Waals surface area contributed by atoms with E-state index in [4.69, 9.17) is 19.8 Å². The quantitative estimate of drug-likeness (QED) is 0.566. The van der Waals surface area contributed by atoms with Crippen LogP contribution in [0.5, 0.6) is 0 Å². The van der Waals surface area contributed by atoms with Crippen LogP contribution in [-0.2, 0) is 30.0 Å². The molecule has 0 aromatic carbocycles. The van der Waals surface area contributed by atoms with Crippen molar-refractivity contribution >= 4 is 11.9 Å². The first-order valence-electron chi connectivity index (χ1n) is 7.20. The van der Waals surface area contributed by atoms with E-state index >= 15 is 0 Å². The number of pyridine rings is 2. The van der Waals surface area contributed by atoms with Gasteiger partial charge in [0.25, 0.3) is 0 Å². The Morgan fingerprint density at radius 2 is 0.840 bits per heavy atom. The van der Waals surface area contributed by atoms with Crippen molar-refractivity contribution in [3.63, 3.8) is 0 Å². The van der Waals surface area contributed by atoms with Gasteiger partial charge in [0, 0.05) is 34.7 Å². The summed E-state index contributed by atoms with van der Waals surface area (Å²) in [6.07, 6.45) is 0. The van der Waals surface area contributed by atoms with E-state index in [9.17, 15) is 0 Å². The summed E-state index contributed by atoms with van der Waals surface area (Å²) in [6.45, 7) is 9.92. The van der Waals surface area contributed by atoms with Crippen LogP contribution in [0.1, 0.15) is 36.6 Å². The van der Waals surface area contributed by atoms with Crippen LogP contribution in [0.3, 0.4) is 0 Å². The van der Waals surface area contributed by atoms with E-state index in [1.54, 1.807) is 0 Å². The Kier molecular flexibility index (Phi) is 18.6. The maximum absolute atomic E-state index is 8.89. The van der Waals surface area contributed by atoms with Gasteiger partial charge in [-0.3, -0.25) is 9.97 Å². The number of hydrogen-bond donors (Lipinski definition) is 0. The molecule has 0 spiro atoms. The summed E-state index contributed by atoms with van der Waals surface area (Å²) >= 11 is 0. The molecule has 2 heterocycles. The van der Waals surface area contributed by atoms with Gasteiger partial charge in [0.15, 0.2) is 0 Å². The molecule has 7 heteroatoms. The minimum absolute atomic E-state index is 0. The Balaban J connectivity index is -0.000000270. The first-order chi connectivity index (χ1) is 11.0. The Bertz CT molecular complexity index is 536. The van der Waals surface area contributed by atoms with Crippen LogP contribution in [0.25, 0.3) is 0 Å². The van der Waals surface area contributed by atoms with Crippen molar-refractivity contribution in [3.05, 3.63) is 59.2 Å². The number of carbonyl (C=O) groups is 2. The minimum atomic E-state index is -1.08. The maximum atomic E-state index is 8.89. The number of nitrogens with zero attached hydrogens (tertiary/aromatic N) is 2. The fourth-order valence-corrected chi connectivity index (χ4v) is 1.36. The van der Waals surface area contributed by atoms with E-state index in [0.29, 0.717) is 0 Å². The first kappa shape index (κ1) is 27.7. The third kappa shape index (κ3) is 27.1. The molecule has 0 aliphatic heterocycles.